The lowest BCUT2D eigenvalue weighted by Gasteiger charge is -2.35. The Hall–Kier alpha value is -2.99. The third-order valence-electron chi connectivity index (χ3n) is 6.07. The van der Waals surface area contributed by atoms with Crippen molar-refractivity contribution in [2.24, 2.45) is 4.99 Å². The molecule has 0 aromatic heterocycles. The molecule has 2 aromatic rings. The van der Waals surface area contributed by atoms with Crippen LogP contribution in [0.5, 0.6) is 0 Å². The molecule has 6 heteroatoms. The smallest absolute Gasteiger partial charge is 0.254 e. The van der Waals surface area contributed by atoms with E-state index in [1.807, 2.05) is 30.5 Å². The van der Waals surface area contributed by atoms with Gasteiger partial charge in [0.15, 0.2) is 0 Å². The zero-order chi connectivity index (χ0) is 20.0. The number of aliphatic imine (C=N–C) groups is 1. The molecule has 2 amide bonds. The highest BCUT2D eigenvalue weighted by molar-refractivity contribution is 5.95. The number of nitrogens with zero attached hydrogens (tertiary/aromatic N) is 3. The van der Waals surface area contributed by atoms with Gasteiger partial charge in [-0.15, -0.1) is 0 Å². The van der Waals surface area contributed by atoms with Crippen LogP contribution in [0.25, 0.3) is 11.1 Å². The van der Waals surface area contributed by atoms with Crippen LogP contribution in [0, 0.1) is 0 Å². The van der Waals surface area contributed by atoms with Crippen molar-refractivity contribution in [1.29, 1.82) is 0 Å². The normalized spacial score (nSPS) is 19.2. The number of hydrogen-bond donors (Lipinski definition) is 1. The number of rotatable bonds is 3. The number of carbonyl (C=O) groups is 2. The zero-order valence-corrected chi connectivity index (χ0v) is 16.2. The molecule has 6 nitrogen and oxygen atoms in total. The summed E-state index contributed by atoms with van der Waals surface area (Å²) in [6, 6.07) is 13.9. The number of hydrogen-bond acceptors (Lipinski definition) is 4. The lowest BCUT2D eigenvalue weighted by atomic mass is 10.0. The van der Waals surface area contributed by atoms with E-state index in [1.165, 1.54) is 5.56 Å². The van der Waals surface area contributed by atoms with Gasteiger partial charge in [0.05, 0.1) is 5.69 Å². The molecule has 0 spiro atoms. The van der Waals surface area contributed by atoms with Crippen LogP contribution in [-0.4, -0.2) is 64.7 Å². The molecule has 0 radical (unpaired) electrons. The Balaban J connectivity index is 1.24. The van der Waals surface area contributed by atoms with Crippen molar-refractivity contribution in [3.8, 4) is 11.1 Å². The summed E-state index contributed by atoms with van der Waals surface area (Å²) in [6.07, 6.45) is 3.91. The first-order valence-electron chi connectivity index (χ1n) is 10.1. The standard InChI is InChI=1S/C23H23N3O3/c27-21(25-11-13-26(14-12-25)22(28)23(29)8-9-23)18-4-1-16(2-5-18)19-6-3-17-7-10-24-20(17)15-19/h1-6,10,15,29H,7-9,11-14H2. The summed E-state index contributed by atoms with van der Waals surface area (Å²) in [5.41, 5.74) is 3.92. The van der Waals surface area contributed by atoms with E-state index in [9.17, 15) is 14.7 Å². The van der Waals surface area contributed by atoms with Gasteiger partial charge in [-0.2, -0.15) is 0 Å². The highest BCUT2D eigenvalue weighted by Crippen LogP contribution is 2.37. The minimum atomic E-state index is -1.13. The molecule has 2 heterocycles. The van der Waals surface area contributed by atoms with Gasteiger partial charge < -0.3 is 14.9 Å². The maximum absolute atomic E-state index is 12.8. The highest BCUT2D eigenvalue weighted by atomic mass is 16.3. The summed E-state index contributed by atoms with van der Waals surface area (Å²) in [6.45, 7) is 1.93. The van der Waals surface area contributed by atoms with Crippen molar-refractivity contribution in [1.82, 2.24) is 9.80 Å². The largest absolute Gasteiger partial charge is 0.380 e. The summed E-state index contributed by atoms with van der Waals surface area (Å²) in [7, 11) is 0. The number of benzene rings is 2. The van der Waals surface area contributed by atoms with Crippen molar-refractivity contribution in [3.63, 3.8) is 0 Å². The first kappa shape index (κ1) is 18.1. The second-order valence-corrected chi connectivity index (χ2v) is 8.05. The Kier molecular flexibility index (Phi) is 4.24. The first-order chi connectivity index (χ1) is 14.0. The Bertz CT molecular complexity index is 1000. The lowest BCUT2D eigenvalue weighted by Crippen LogP contribution is -2.53. The second kappa shape index (κ2) is 6.81. The molecule has 148 valence electrons. The van der Waals surface area contributed by atoms with Crippen molar-refractivity contribution in [2.45, 2.75) is 24.9 Å². The molecule has 5 rings (SSSR count). The van der Waals surface area contributed by atoms with Gasteiger partial charge in [0, 0.05) is 44.4 Å². The summed E-state index contributed by atoms with van der Waals surface area (Å²) in [5.74, 6) is -0.208. The van der Waals surface area contributed by atoms with Gasteiger partial charge >= 0.3 is 0 Å². The molecular weight excluding hydrogens is 366 g/mol. The van der Waals surface area contributed by atoms with Crippen molar-refractivity contribution < 1.29 is 14.7 Å². The summed E-state index contributed by atoms with van der Waals surface area (Å²) >= 11 is 0. The second-order valence-electron chi connectivity index (χ2n) is 8.05. The number of carbonyl (C=O) groups excluding carboxylic acids is 2. The molecule has 1 aliphatic carbocycles. The Morgan fingerprint density at radius 1 is 0.897 bits per heavy atom. The summed E-state index contributed by atoms with van der Waals surface area (Å²) in [4.78, 5) is 32.9. The Labute approximate surface area is 169 Å². The van der Waals surface area contributed by atoms with Gasteiger partial charge in [-0.25, -0.2) is 0 Å². The maximum atomic E-state index is 12.8. The SMILES string of the molecule is O=C(c1ccc(-c2ccc3c(c2)N=CC3)cc1)N1CCN(C(=O)C2(O)CC2)CC1. The van der Waals surface area contributed by atoms with Gasteiger partial charge in [0.2, 0.25) is 0 Å². The summed E-state index contributed by atoms with van der Waals surface area (Å²) < 4.78 is 0. The number of fused-ring (bicyclic) bond motifs is 1. The van der Waals surface area contributed by atoms with Crippen LogP contribution >= 0.6 is 0 Å². The summed E-state index contributed by atoms with van der Waals surface area (Å²) in [5, 5.41) is 9.99. The van der Waals surface area contributed by atoms with Gasteiger partial charge in [-0.05, 0) is 47.7 Å². The number of amides is 2. The fourth-order valence-electron chi connectivity index (χ4n) is 4.01. The molecule has 0 bridgehead atoms. The number of piperazine rings is 1. The van der Waals surface area contributed by atoms with E-state index in [2.05, 4.69) is 23.2 Å². The minimum Gasteiger partial charge on any atom is -0.380 e. The van der Waals surface area contributed by atoms with Crippen molar-refractivity contribution in [2.75, 3.05) is 26.2 Å². The third-order valence-corrected chi connectivity index (χ3v) is 6.07. The number of aliphatic hydroxyl groups is 1. The van der Waals surface area contributed by atoms with Crippen LogP contribution in [0.1, 0.15) is 28.8 Å². The molecule has 2 fully saturated rings. The first-order valence-corrected chi connectivity index (χ1v) is 10.1. The molecule has 1 saturated heterocycles. The van der Waals surface area contributed by atoms with E-state index in [-0.39, 0.29) is 11.8 Å². The monoisotopic (exact) mass is 389 g/mol. The van der Waals surface area contributed by atoms with Crippen LogP contribution in [0.2, 0.25) is 0 Å². The third kappa shape index (κ3) is 3.34. The van der Waals surface area contributed by atoms with Gasteiger partial charge in [0.1, 0.15) is 5.60 Å². The highest BCUT2D eigenvalue weighted by Gasteiger charge is 2.50. The van der Waals surface area contributed by atoms with Crippen LogP contribution in [-0.2, 0) is 11.2 Å². The van der Waals surface area contributed by atoms with Crippen LogP contribution in [0.4, 0.5) is 5.69 Å². The van der Waals surface area contributed by atoms with E-state index in [1.54, 1.807) is 9.80 Å². The fraction of sp³-hybridized carbons (Fsp3) is 0.348. The molecule has 29 heavy (non-hydrogen) atoms. The quantitative estimate of drug-likeness (QED) is 0.876. The van der Waals surface area contributed by atoms with E-state index in [4.69, 9.17) is 0 Å². The van der Waals surface area contributed by atoms with E-state index in [0.29, 0.717) is 44.6 Å². The topological polar surface area (TPSA) is 73.2 Å². The van der Waals surface area contributed by atoms with Gasteiger partial charge in [0.25, 0.3) is 11.8 Å². The Morgan fingerprint density at radius 3 is 2.24 bits per heavy atom. The molecule has 0 atom stereocenters. The van der Waals surface area contributed by atoms with Crippen LogP contribution in [0.3, 0.4) is 0 Å². The van der Waals surface area contributed by atoms with Gasteiger partial charge in [-0.1, -0.05) is 24.3 Å². The van der Waals surface area contributed by atoms with Crippen LogP contribution in [0.15, 0.2) is 47.5 Å². The van der Waals surface area contributed by atoms with E-state index in [0.717, 1.165) is 23.2 Å². The predicted octanol–water partition coefficient (Wildman–Crippen LogP) is 2.42. The van der Waals surface area contributed by atoms with Crippen LogP contribution < -0.4 is 0 Å². The molecule has 0 unspecified atom stereocenters. The molecule has 1 N–H and O–H groups in total. The molecule has 2 aliphatic heterocycles. The molecule has 3 aliphatic rings. The lowest BCUT2D eigenvalue weighted by molar-refractivity contribution is -0.143. The van der Waals surface area contributed by atoms with Gasteiger partial charge in [-0.3, -0.25) is 14.6 Å². The molecule has 2 aromatic carbocycles. The van der Waals surface area contributed by atoms with E-state index >= 15 is 0 Å². The maximum Gasteiger partial charge on any atom is 0.254 e. The minimum absolute atomic E-state index is 0.0210. The fourth-order valence-corrected chi connectivity index (χ4v) is 4.01. The van der Waals surface area contributed by atoms with E-state index < -0.39 is 5.60 Å². The van der Waals surface area contributed by atoms with Crippen molar-refractivity contribution in [3.05, 3.63) is 53.6 Å². The zero-order valence-electron chi connectivity index (χ0n) is 16.2. The average Bonchev–Trinajstić information content (AvgIpc) is 3.34. The Morgan fingerprint density at radius 2 is 1.55 bits per heavy atom. The average molecular weight is 389 g/mol. The molecular formula is C23H23N3O3. The molecule has 1 saturated carbocycles. The van der Waals surface area contributed by atoms with Crippen molar-refractivity contribution >= 4 is 23.7 Å². The predicted molar refractivity (Wildman–Crippen MR) is 110 cm³/mol.